The summed E-state index contributed by atoms with van der Waals surface area (Å²) in [5.41, 5.74) is 0. The van der Waals surface area contributed by atoms with Gasteiger partial charge in [-0.25, -0.2) is 8.42 Å². The normalized spacial score (nSPS) is 12.8. The molecule has 0 saturated heterocycles. The van der Waals surface area contributed by atoms with Crippen molar-refractivity contribution in [3.63, 3.8) is 0 Å². The third kappa shape index (κ3) is 4.61. The second-order valence-electron chi connectivity index (χ2n) is 5.61. The van der Waals surface area contributed by atoms with Crippen LogP contribution in [0.2, 0.25) is 0 Å². The highest BCUT2D eigenvalue weighted by Gasteiger charge is 2.27. The summed E-state index contributed by atoms with van der Waals surface area (Å²) in [6.45, 7) is 11.4. The lowest BCUT2D eigenvalue weighted by atomic mass is 10.2. The van der Waals surface area contributed by atoms with Crippen LogP contribution in [-0.2, 0) is 16.6 Å². The fraction of sp³-hybridized carbons (Fsp3) is 0.714. The standard InChI is InChI=1S/C14H26N2O3S/c1-6-16(10-11(2)3)20(17,18)14-8-7-13(19-14)9-15-12(4)5/h7-8,11-12,15H,6,9-10H2,1-5H3. The maximum Gasteiger partial charge on any atom is 0.276 e. The van der Waals surface area contributed by atoms with Crippen molar-refractivity contribution in [2.45, 2.75) is 52.3 Å². The average Bonchev–Trinajstić information content (AvgIpc) is 2.82. The molecule has 0 bridgehead atoms. The van der Waals surface area contributed by atoms with Crippen molar-refractivity contribution in [3.05, 3.63) is 17.9 Å². The van der Waals surface area contributed by atoms with Gasteiger partial charge in [-0.3, -0.25) is 0 Å². The molecule has 1 aromatic rings. The summed E-state index contributed by atoms with van der Waals surface area (Å²) in [4.78, 5) is 0. The highest BCUT2D eigenvalue weighted by molar-refractivity contribution is 7.89. The second-order valence-corrected chi connectivity index (χ2v) is 7.47. The Hall–Kier alpha value is -0.850. The molecule has 1 rings (SSSR count). The first kappa shape index (κ1) is 17.2. The Morgan fingerprint density at radius 2 is 1.90 bits per heavy atom. The number of nitrogens with one attached hydrogen (secondary N) is 1. The molecule has 0 amide bonds. The molecule has 0 fully saturated rings. The van der Waals surface area contributed by atoms with Crippen LogP contribution in [-0.4, -0.2) is 31.9 Å². The monoisotopic (exact) mass is 302 g/mol. The molecule has 1 N–H and O–H groups in total. The van der Waals surface area contributed by atoms with Gasteiger partial charge in [0.25, 0.3) is 10.0 Å². The van der Waals surface area contributed by atoms with Gasteiger partial charge in [-0.05, 0) is 18.1 Å². The van der Waals surface area contributed by atoms with Gasteiger partial charge in [-0.1, -0.05) is 34.6 Å². The average molecular weight is 302 g/mol. The Kier molecular flexibility index (Phi) is 6.23. The van der Waals surface area contributed by atoms with Gasteiger partial charge >= 0.3 is 0 Å². The molecule has 20 heavy (non-hydrogen) atoms. The zero-order valence-corrected chi connectivity index (χ0v) is 13.8. The van der Waals surface area contributed by atoms with E-state index in [4.69, 9.17) is 4.42 Å². The van der Waals surface area contributed by atoms with E-state index in [9.17, 15) is 8.42 Å². The summed E-state index contributed by atoms with van der Waals surface area (Å²) < 4.78 is 31.8. The lowest BCUT2D eigenvalue weighted by molar-refractivity contribution is 0.347. The van der Waals surface area contributed by atoms with Crippen LogP contribution in [0.4, 0.5) is 0 Å². The number of nitrogens with zero attached hydrogens (tertiary/aromatic N) is 1. The van der Waals surface area contributed by atoms with Gasteiger partial charge in [0, 0.05) is 19.1 Å². The third-order valence-corrected chi connectivity index (χ3v) is 4.65. The maximum atomic E-state index is 12.5. The van der Waals surface area contributed by atoms with Gasteiger partial charge in [-0.2, -0.15) is 4.31 Å². The number of furan rings is 1. The predicted molar refractivity (Wildman–Crippen MR) is 80.0 cm³/mol. The second kappa shape index (κ2) is 7.24. The molecule has 0 spiro atoms. The molecule has 0 atom stereocenters. The summed E-state index contributed by atoms with van der Waals surface area (Å²) in [6.07, 6.45) is 0. The quantitative estimate of drug-likeness (QED) is 0.801. The highest BCUT2D eigenvalue weighted by atomic mass is 32.2. The van der Waals surface area contributed by atoms with Crippen LogP contribution in [0.5, 0.6) is 0 Å². The molecule has 0 aliphatic heterocycles. The Bertz CT molecular complexity index is 506. The van der Waals surface area contributed by atoms with Gasteiger partial charge in [0.05, 0.1) is 6.54 Å². The van der Waals surface area contributed by atoms with Crippen molar-refractivity contribution in [1.82, 2.24) is 9.62 Å². The molecular weight excluding hydrogens is 276 g/mol. The van der Waals surface area contributed by atoms with E-state index in [0.717, 1.165) is 0 Å². The fourth-order valence-electron chi connectivity index (χ4n) is 1.83. The van der Waals surface area contributed by atoms with E-state index in [1.54, 1.807) is 6.07 Å². The summed E-state index contributed by atoms with van der Waals surface area (Å²) in [7, 11) is -3.53. The van der Waals surface area contributed by atoms with E-state index in [1.807, 2.05) is 34.6 Å². The van der Waals surface area contributed by atoms with E-state index in [1.165, 1.54) is 10.4 Å². The van der Waals surface area contributed by atoms with Crippen LogP contribution in [0.25, 0.3) is 0 Å². The molecule has 6 heteroatoms. The lowest BCUT2D eigenvalue weighted by Crippen LogP contribution is -2.33. The number of sulfonamides is 1. The van der Waals surface area contributed by atoms with Crippen LogP contribution in [0.1, 0.15) is 40.4 Å². The molecule has 0 unspecified atom stereocenters. The predicted octanol–water partition coefficient (Wildman–Crippen LogP) is 2.44. The summed E-state index contributed by atoms with van der Waals surface area (Å²) in [6, 6.07) is 3.58. The van der Waals surface area contributed by atoms with Crippen molar-refractivity contribution >= 4 is 10.0 Å². The van der Waals surface area contributed by atoms with Crippen molar-refractivity contribution in [1.29, 1.82) is 0 Å². The SMILES string of the molecule is CCN(CC(C)C)S(=O)(=O)c1ccc(CNC(C)C)o1. The van der Waals surface area contributed by atoms with Crippen molar-refractivity contribution in [2.75, 3.05) is 13.1 Å². The highest BCUT2D eigenvalue weighted by Crippen LogP contribution is 2.19. The Morgan fingerprint density at radius 1 is 1.25 bits per heavy atom. The molecule has 0 saturated carbocycles. The maximum absolute atomic E-state index is 12.5. The largest absolute Gasteiger partial charge is 0.447 e. The summed E-state index contributed by atoms with van der Waals surface area (Å²) in [5.74, 6) is 0.916. The van der Waals surface area contributed by atoms with E-state index in [0.29, 0.717) is 31.4 Å². The Balaban J connectivity index is 2.86. The number of hydrogen-bond acceptors (Lipinski definition) is 4. The van der Waals surface area contributed by atoms with Crippen LogP contribution < -0.4 is 5.32 Å². The molecule has 0 aliphatic carbocycles. The van der Waals surface area contributed by atoms with Gasteiger partial charge < -0.3 is 9.73 Å². The first-order chi connectivity index (χ1) is 9.27. The number of rotatable bonds is 8. The van der Waals surface area contributed by atoms with Crippen LogP contribution in [0.3, 0.4) is 0 Å². The van der Waals surface area contributed by atoms with Gasteiger partial charge in [0.1, 0.15) is 5.76 Å². The first-order valence-electron chi connectivity index (χ1n) is 7.09. The van der Waals surface area contributed by atoms with Gasteiger partial charge in [-0.15, -0.1) is 0 Å². The molecule has 0 aliphatic rings. The molecule has 5 nitrogen and oxygen atoms in total. The van der Waals surface area contributed by atoms with Crippen molar-refractivity contribution < 1.29 is 12.8 Å². The third-order valence-electron chi connectivity index (χ3n) is 2.84. The molecule has 116 valence electrons. The van der Waals surface area contributed by atoms with Crippen LogP contribution >= 0.6 is 0 Å². The topological polar surface area (TPSA) is 62.6 Å². The molecule has 1 aromatic heterocycles. The van der Waals surface area contributed by atoms with E-state index >= 15 is 0 Å². The van der Waals surface area contributed by atoms with E-state index < -0.39 is 10.0 Å². The van der Waals surface area contributed by atoms with Gasteiger partial charge in [0.15, 0.2) is 0 Å². The molecule has 0 aromatic carbocycles. The lowest BCUT2D eigenvalue weighted by Gasteiger charge is -2.20. The minimum Gasteiger partial charge on any atom is -0.447 e. The zero-order valence-electron chi connectivity index (χ0n) is 13.0. The Labute approximate surface area is 122 Å². The molecular formula is C14H26N2O3S. The van der Waals surface area contributed by atoms with E-state index in [2.05, 4.69) is 5.32 Å². The molecule has 1 heterocycles. The first-order valence-corrected chi connectivity index (χ1v) is 8.53. The zero-order chi connectivity index (χ0) is 15.3. The fourth-order valence-corrected chi connectivity index (χ4v) is 3.37. The smallest absolute Gasteiger partial charge is 0.276 e. The van der Waals surface area contributed by atoms with Crippen molar-refractivity contribution in [2.24, 2.45) is 5.92 Å². The van der Waals surface area contributed by atoms with Crippen molar-refractivity contribution in [3.8, 4) is 0 Å². The summed E-state index contributed by atoms with van der Waals surface area (Å²) in [5, 5.41) is 3.23. The number of hydrogen-bond donors (Lipinski definition) is 1. The minimum atomic E-state index is -3.53. The van der Waals surface area contributed by atoms with Gasteiger partial charge in [0.2, 0.25) is 5.09 Å². The van der Waals surface area contributed by atoms with E-state index in [-0.39, 0.29) is 11.0 Å². The summed E-state index contributed by atoms with van der Waals surface area (Å²) >= 11 is 0. The van der Waals surface area contributed by atoms with Crippen LogP contribution in [0.15, 0.2) is 21.6 Å². The van der Waals surface area contributed by atoms with Crippen LogP contribution in [0, 0.1) is 5.92 Å². The molecule has 0 radical (unpaired) electrons. The minimum absolute atomic E-state index is 0.0283. The Morgan fingerprint density at radius 3 is 2.40 bits per heavy atom.